The first-order valence-electron chi connectivity index (χ1n) is 12.7. The normalized spacial score (nSPS) is 27.1. The Morgan fingerprint density at radius 3 is 2.30 bits per heavy atom. The molecule has 2 bridgehead atoms. The zero-order valence-corrected chi connectivity index (χ0v) is 21.0. The van der Waals surface area contributed by atoms with Crippen LogP contribution in [0.5, 0.6) is 0 Å². The number of benzene rings is 2. The quantitative estimate of drug-likeness (QED) is 0.384. The number of fused-ring (bicyclic) bond motifs is 8. The average Bonchev–Trinajstić information content (AvgIpc) is 3.48. The molecule has 170 valence electrons. The molecule has 1 saturated carbocycles. The summed E-state index contributed by atoms with van der Waals surface area (Å²) < 4.78 is 0. The van der Waals surface area contributed by atoms with E-state index in [9.17, 15) is 4.79 Å². The molecule has 0 aliphatic heterocycles. The topological polar surface area (TPSA) is 17.1 Å². The van der Waals surface area contributed by atoms with Gasteiger partial charge in [0.2, 0.25) is 0 Å². The SMILES string of the molecule is CC(C)(C)c1ccc2c(c1)Cc1c-2ccc(C(C)(C)C)c1CC1=CC2C3C=CC(C3)C2C1=O. The summed E-state index contributed by atoms with van der Waals surface area (Å²) in [5, 5.41) is 0. The van der Waals surface area contributed by atoms with Crippen LogP contribution in [0.15, 0.2) is 54.1 Å². The second-order valence-electron chi connectivity index (χ2n) is 13.0. The van der Waals surface area contributed by atoms with Crippen LogP contribution in [0.2, 0.25) is 0 Å². The smallest absolute Gasteiger partial charge is 0.163 e. The first kappa shape index (κ1) is 21.1. The number of carbonyl (C=O) groups is 1. The summed E-state index contributed by atoms with van der Waals surface area (Å²) in [5.41, 5.74) is 11.1. The van der Waals surface area contributed by atoms with Crippen LogP contribution in [-0.4, -0.2) is 5.78 Å². The van der Waals surface area contributed by atoms with E-state index in [1.54, 1.807) is 0 Å². The third-order valence-corrected chi connectivity index (χ3v) is 8.77. The Morgan fingerprint density at radius 2 is 1.61 bits per heavy atom. The molecule has 2 aromatic carbocycles. The number of carbonyl (C=O) groups excluding carboxylic acids is 1. The summed E-state index contributed by atoms with van der Waals surface area (Å²) in [5.74, 6) is 2.16. The summed E-state index contributed by atoms with van der Waals surface area (Å²) >= 11 is 0. The molecule has 0 aromatic heterocycles. The van der Waals surface area contributed by atoms with E-state index < -0.39 is 0 Å². The van der Waals surface area contributed by atoms with E-state index in [1.165, 1.54) is 45.4 Å². The number of hydrogen-bond donors (Lipinski definition) is 0. The molecule has 1 heteroatoms. The molecule has 6 rings (SSSR count). The van der Waals surface area contributed by atoms with Crippen molar-refractivity contribution in [1.82, 2.24) is 0 Å². The Hall–Kier alpha value is -2.41. The number of allylic oxidation sites excluding steroid dienone is 4. The second-order valence-corrected chi connectivity index (χ2v) is 13.0. The lowest BCUT2D eigenvalue weighted by atomic mass is 9.78. The summed E-state index contributed by atoms with van der Waals surface area (Å²) in [6, 6.07) is 11.7. The summed E-state index contributed by atoms with van der Waals surface area (Å²) in [6.07, 6.45) is 10.0. The van der Waals surface area contributed by atoms with Crippen LogP contribution in [0, 0.1) is 23.7 Å². The number of rotatable bonds is 2. The van der Waals surface area contributed by atoms with Gasteiger partial charge in [0.15, 0.2) is 5.78 Å². The molecule has 0 heterocycles. The highest BCUT2D eigenvalue weighted by Crippen LogP contribution is 2.54. The van der Waals surface area contributed by atoms with Gasteiger partial charge < -0.3 is 0 Å². The van der Waals surface area contributed by atoms with E-state index in [4.69, 9.17) is 0 Å². The van der Waals surface area contributed by atoms with Crippen molar-refractivity contribution in [3.63, 3.8) is 0 Å². The van der Waals surface area contributed by atoms with Crippen molar-refractivity contribution < 1.29 is 4.79 Å². The summed E-state index contributed by atoms with van der Waals surface area (Å²) in [4.78, 5) is 13.5. The molecule has 0 saturated heterocycles. The van der Waals surface area contributed by atoms with Crippen molar-refractivity contribution in [2.75, 3.05) is 0 Å². The van der Waals surface area contributed by atoms with Crippen LogP contribution in [0.1, 0.15) is 75.8 Å². The molecule has 4 aliphatic rings. The van der Waals surface area contributed by atoms with Crippen molar-refractivity contribution in [1.29, 1.82) is 0 Å². The highest BCUT2D eigenvalue weighted by atomic mass is 16.1. The Bertz CT molecular complexity index is 1240. The number of Topliss-reactive ketones (excluding diaryl/α,β-unsaturated/α-hetero) is 1. The largest absolute Gasteiger partial charge is 0.294 e. The maximum atomic E-state index is 13.5. The Kier molecular flexibility index (Phi) is 4.36. The molecule has 0 radical (unpaired) electrons. The van der Waals surface area contributed by atoms with Gasteiger partial charge in [-0.3, -0.25) is 4.79 Å². The fourth-order valence-corrected chi connectivity index (χ4v) is 7.03. The van der Waals surface area contributed by atoms with Crippen molar-refractivity contribution >= 4 is 5.78 Å². The molecule has 0 N–H and O–H groups in total. The zero-order chi connectivity index (χ0) is 23.3. The Morgan fingerprint density at radius 1 is 0.879 bits per heavy atom. The molecule has 1 fully saturated rings. The number of ketones is 1. The van der Waals surface area contributed by atoms with E-state index in [0.29, 0.717) is 23.5 Å². The van der Waals surface area contributed by atoms with Crippen molar-refractivity contribution in [3.8, 4) is 11.1 Å². The summed E-state index contributed by atoms with van der Waals surface area (Å²) in [6.45, 7) is 13.8. The third-order valence-electron chi connectivity index (χ3n) is 8.77. The van der Waals surface area contributed by atoms with Gasteiger partial charge in [0.1, 0.15) is 0 Å². The maximum absolute atomic E-state index is 13.5. The molecule has 1 nitrogen and oxygen atoms in total. The second kappa shape index (κ2) is 6.81. The lowest BCUT2D eigenvalue weighted by Crippen LogP contribution is -2.22. The first-order chi connectivity index (χ1) is 15.5. The van der Waals surface area contributed by atoms with E-state index in [1.807, 2.05) is 0 Å². The van der Waals surface area contributed by atoms with Gasteiger partial charge in [0.25, 0.3) is 0 Å². The zero-order valence-electron chi connectivity index (χ0n) is 21.0. The van der Waals surface area contributed by atoms with Crippen LogP contribution in [0.25, 0.3) is 11.1 Å². The molecule has 4 aliphatic carbocycles. The highest BCUT2D eigenvalue weighted by Gasteiger charge is 2.51. The van der Waals surface area contributed by atoms with Crippen LogP contribution in [0.4, 0.5) is 0 Å². The fraction of sp³-hybridized carbons (Fsp3) is 0.469. The molecule has 0 spiro atoms. The van der Waals surface area contributed by atoms with Crippen molar-refractivity contribution in [2.24, 2.45) is 23.7 Å². The molecule has 33 heavy (non-hydrogen) atoms. The van der Waals surface area contributed by atoms with Crippen LogP contribution in [-0.2, 0) is 28.5 Å². The minimum atomic E-state index is 0.0500. The van der Waals surface area contributed by atoms with Gasteiger partial charge >= 0.3 is 0 Å². The molecular weight excluding hydrogens is 400 g/mol. The van der Waals surface area contributed by atoms with Gasteiger partial charge in [-0.2, -0.15) is 0 Å². The Balaban J connectivity index is 1.43. The lowest BCUT2D eigenvalue weighted by molar-refractivity contribution is -0.119. The average molecular weight is 437 g/mol. The lowest BCUT2D eigenvalue weighted by Gasteiger charge is -2.26. The van der Waals surface area contributed by atoms with E-state index in [0.717, 1.165) is 18.4 Å². The Labute approximate surface area is 199 Å². The standard InChI is InChI=1S/C32H36O/c1-31(2,3)22-9-10-23-20(14-22)15-26-24(23)11-12-28(32(4,5)6)27(26)17-21-16-25-18-7-8-19(13-18)29(25)30(21)33/h7-12,14,16,18-19,25,29H,13,15,17H2,1-6H3. The van der Waals surface area contributed by atoms with E-state index in [2.05, 4.69) is 90.1 Å². The monoisotopic (exact) mass is 436 g/mol. The minimum absolute atomic E-state index is 0.0500. The van der Waals surface area contributed by atoms with Gasteiger partial charge in [-0.15, -0.1) is 0 Å². The predicted octanol–water partition coefficient (Wildman–Crippen LogP) is 7.34. The van der Waals surface area contributed by atoms with Crippen LogP contribution >= 0.6 is 0 Å². The molecule has 4 atom stereocenters. The first-order valence-corrected chi connectivity index (χ1v) is 12.7. The van der Waals surface area contributed by atoms with Crippen LogP contribution in [0.3, 0.4) is 0 Å². The number of hydrogen-bond acceptors (Lipinski definition) is 1. The molecular formula is C32H36O. The summed E-state index contributed by atoms with van der Waals surface area (Å²) in [7, 11) is 0. The van der Waals surface area contributed by atoms with E-state index in [-0.39, 0.29) is 16.7 Å². The molecule has 4 unspecified atom stereocenters. The predicted molar refractivity (Wildman–Crippen MR) is 137 cm³/mol. The van der Waals surface area contributed by atoms with E-state index >= 15 is 0 Å². The van der Waals surface area contributed by atoms with Gasteiger partial charge in [0, 0.05) is 12.3 Å². The van der Waals surface area contributed by atoms with Gasteiger partial charge in [-0.1, -0.05) is 90.1 Å². The van der Waals surface area contributed by atoms with Gasteiger partial charge in [0.05, 0.1) is 0 Å². The van der Waals surface area contributed by atoms with Crippen molar-refractivity contribution in [2.45, 2.75) is 71.6 Å². The van der Waals surface area contributed by atoms with Crippen LogP contribution < -0.4 is 0 Å². The third kappa shape index (κ3) is 3.15. The molecule has 0 amide bonds. The minimum Gasteiger partial charge on any atom is -0.294 e. The maximum Gasteiger partial charge on any atom is 0.163 e. The fourth-order valence-electron chi connectivity index (χ4n) is 7.03. The van der Waals surface area contributed by atoms with Gasteiger partial charge in [-0.05, 0) is 85.9 Å². The molecule has 2 aromatic rings. The van der Waals surface area contributed by atoms with Gasteiger partial charge in [-0.25, -0.2) is 0 Å². The highest BCUT2D eigenvalue weighted by molar-refractivity contribution is 6.01. The van der Waals surface area contributed by atoms with Crippen molar-refractivity contribution in [3.05, 3.63) is 82.0 Å².